The van der Waals surface area contributed by atoms with Crippen LogP contribution in [0.2, 0.25) is 0 Å². The molecule has 0 fully saturated rings. The van der Waals surface area contributed by atoms with Crippen molar-refractivity contribution in [1.82, 2.24) is 20.1 Å². The van der Waals surface area contributed by atoms with Gasteiger partial charge in [0, 0.05) is 12.6 Å². The molecule has 0 saturated heterocycles. The van der Waals surface area contributed by atoms with Crippen molar-refractivity contribution in [2.45, 2.75) is 13.1 Å². The van der Waals surface area contributed by atoms with Gasteiger partial charge in [-0.15, -0.1) is 0 Å². The van der Waals surface area contributed by atoms with Gasteiger partial charge in [-0.1, -0.05) is 0 Å². The predicted octanol–water partition coefficient (Wildman–Crippen LogP) is 2.88. The molecule has 0 radical (unpaired) electrons. The lowest BCUT2D eigenvalue weighted by Gasteiger charge is -2.12. The number of aromatic amines is 1. The van der Waals surface area contributed by atoms with E-state index in [0.29, 0.717) is 0 Å². The van der Waals surface area contributed by atoms with Gasteiger partial charge >= 0.3 is 6.18 Å². The van der Waals surface area contributed by atoms with Crippen LogP contribution in [0.15, 0.2) is 12.1 Å². The zero-order valence-corrected chi connectivity index (χ0v) is 12.9. The van der Waals surface area contributed by atoms with E-state index in [0.717, 1.165) is 12.1 Å². The van der Waals surface area contributed by atoms with Crippen molar-refractivity contribution in [2.75, 3.05) is 6.54 Å². The molecule has 10 heteroatoms. The van der Waals surface area contributed by atoms with Crippen LogP contribution in [0.3, 0.4) is 0 Å². The zero-order chi connectivity index (χ0) is 17.4. The minimum atomic E-state index is -4.53. The molecule has 124 valence electrons. The fourth-order valence-corrected chi connectivity index (χ4v) is 2.22. The molecule has 0 bridgehead atoms. The fraction of sp³-hybridized carbons (Fsp3) is 0.308. The Morgan fingerprint density at radius 3 is 2.61 bits per heavy atom. The van der Waals surface area contributed by atoms with Crippen molar-refractivity contribution in [3.63, 3.8) is 0 Å². The normalized spacial score (nSPS) is 11.6. The van der Waals surface area contributed by atoms with Crippen molar-refractivity contribution in [3.8, 4) is 11.4 Å². The Labute approximate surface area is 133 Å². The Balaban J connectivity index is 2.42. The first-order chi connectivity index (χ1) is 10.6. The van der Waals surface area contributed by atoms with E-state index in [-0.39, 0.29) is 27.3 Å². The van der Waals surface area contributed by atoms with E-state index >= 15 is 0 Å². The quantitative estimate of drug-likeness (QED) is 0.662. The summed E-state index contributed by atoms with van der Waals surface area (Å²) >= 11 is 4.84. The van der Waals surface area contributed by atoms with Gasteiger partial charge in [-0.25, -0.2) is 4.39 Å². The Morgan fingerprint density at radius 1 is 1.43 bits per heavy atom. The number of carbonyl (C=O) groups is 1. The number of carbonyl (C=O) groups excluding carboxylic acids is 1. The highest BCUT2D eigenvalue weighted by atomic mass is 32.1. The average Bonchev–Trinajstić information content (AvgIpc) is 2.74. The van der Waals surface area contributed by atoms with Gasteiger partial charge < -0.3 is 5.32 Å². The van der Waals surface area contributed by atoms with E-state index in [4.69, 9.17) is 12.2 Å². The average molecular weight is 348 g/mol. The molecular weight excluding hydrogens is 336 g/mol. The molecule has 0 saturated carbocycles. The monoisotopic (exact) mass is 348 g/mol. The van der Waals surface area contributed by atoms with Crippen molar-refractivity contribution in [3.05, 3.63) is 33.8 Å². The first-order valence-corrected chi connectivity index (χ1v) is 6.78. The molecule has 2 N–H and O–H groups in total. The Morgan fingerprint density at radius 2 is 2.09 bits per heavy atom. The maximum Gasteiger partial charge on any atom is 0.405 e. The van der Waals surface area contributed by atoms with Gasteiger partial charge in [0.2, 0.25) is 4.77 Å². The molecule has 1 heterocycles. The summed E-state index contributed by atoms with van der Waals surface area (Å²) in [5, 5.41) is 4.40. The minimum absolute atomic E-state index is 0.0393. The van der Waals surface area contributed by atoms with E-state index in [9.17, 15) is 22.4 Å². The van der Waals surface area contributed by atoms with Crippen molar-refractivity contribution >= 4 is 18.1 Å². The lowest BCUT2D eigenvalue weighted by atomic mass is 10.0. The highest BCUT2D eigenvalue weighted by molar-refractivity contribution is 7.71. The molecular formula is C13H12F4N4OS. The largest absolute Gasteiger partial charge is 0.405 e. The standard InChI is InChI=1S/C13H12F4N4OS/c1-6-3-9(14)8(10-19-12(23)20-21(10)2)4-7(6)11(22)18-5-13(15,16)17/h3-4H,5H2,1-2H3,(H,18,22)(H,20,23). The third-order valence-corrected chi connectivity index (χ3v) is 3.22. The number of benzene rings is 1. The van der Waals surface area contributed by atoms with Crippen LogP contribution in [-0.2, 0) is 7.05 Å². The number of alkyl halides is 3. The van der Waals surface area contributed by atoms with E-state index in [1.165, 1.54) is 11.6 Å². The van der Waals surface area contributed by atoms with E-state index in [2.05, 4.69) is 10.1 Å². The Hall–Kier alpha value is -2.23. The van der Waals surface area contributed by atoms with Gasteiger partial charge in [0.25, 0.3) is 5.91 Å². The third-order valence-electron chi connectivity index (χ3n) is 3.04. The number of amides is 1. The topological polar surface area (TPSA) is 62.7 Å². The van der Waals surface area contributed by atoms with Crippen LogP contribution in [0, 0.1) is 17.5 Å². The van der Waals surface area contributed by atoms with Crippen LogP contribution in [-0.4, -0.2) is 33.4 Å². The van der Waals surface area contributed by atoms with Gasteiger partial charge in [0.15, 0.2) is 5.82 Å². The summed E-state index contributed by atoms with van der Waals surface area (Å²) in [5.41, 5.74) is 0.102. The lowest BCUT2D eigenvalue weighted by molar-refractivity contribution is -0.123. The Kier molecular flexibility index (Phi) is 4.55. The molecule has 0 aliphatic rings. The Bertz CT molecular complexity index is 809. The SMILES string of the molecule is Cc1cc(F)c(-c2nc(=S)[nH]n2C)cc1C(=O)NCC(F)(F)F. The summed E-state index contributed by atoms with van der Waals surface area (Å²) in [5.74, 6) is -1.47. The number of nitrogens with zero attached hydrogens (tertiary/aromatic N) is 2. The van der Waals surface area contributed by atoms with Crippen LogP contribution in [0.4, 0.5) is 17.6 Å². The zero-order valence-electron chi connectivity index (χ0n) is 12.1. The molecule has 2 rings (SSSR count). The molecule has 23 heavy (non-hydrogen) atoms. The number of rotatable bonds is 3. The molecule has 2 aromatic rings. The van der Waals surface area contributed by atoms with E-state index in [1.54, 1.807) is 12.4 Å². The summed E-state index contributed by atoms with van der Waals surface area (Å²) in [6, 6.07) is 2.22. The fourth-order valence-electron chi connectivity index (χ4n) is 2.00. The van der Waals surface area contributed by atoms with Crippen LogP contribution < -0.4 is 5.32 Å². The minimum Gasteiger partial charge on any atom is -0.343 e. The van der Waals surface area contributed by atoms with Crippen LogP contribution in [0.5, 0.6) is 0 Å². The van der Waals surface area contributed by atoms with Crippen LogP contribution >= 0.6 is 12.2 Å². The van der Waals surface area contributed by atoms with E-state index in [1.807, 2.05) is 0 Å². The number of H-pyrrole nitrogens is 1. The summed E-state index contributed by atoms with van der Waals surface area (Å²) in [7, 11) is 1.54. The number of nitrogens with one attached hydrogen (secondary N) is 2. The van der Waals surface area contributed by atoms with Crippen LogP contribution in [0.1, 0.15) is 15.9 Å². The molecule has 0 atom stereocenters. The number of aromatic nitrogens is 3. The van der Waals surface area contributed by atoms with Gasteiger partial charge in [-0.05, 0) is 36.8 Å². The summed E-state index contributed by atoms with van der Waals surface area (Å²) in [4.78, 5) is 15.8. The molecule has 0 aliphatic carbocycles. The second-order valence-corrected chi connectivity index (χ2v) is 5.24. The highest BCUT2D eigenvalue weighted by Crippen LogP contribution is 2.24. The maximum absolute atomic E-state index is 14.1. The maximum atomic E-state index is 14.1. The molecule has 0 unspecified atom stereocenters. The first kappa shape index (κ1) is 17.1. The molecule has 1 amide bonds. The van der Waals surface area contributed by atoms with Gasteiger partial charge in [0.1, 0.15) is 12.4 Å². The second-order valence-electron chi connectivity index (χ2n) is 4.86. The molecule has 0 spiro atoms. The number of hydrogen-bond acceptors (Lipinski definition) is 3. The number of halogens is 4. The summed E-state index contributed by atoms with van der Waals surface area (Å²) in [6.45, 7) is -0.0388. The number of hydrogen-bond donors (Lipinski definition) is 2. The van der Waals surface area contributed by atoms with E-state index < -0.39 is 24.4 Å². The van der Waals surface area contributed by atoms with Crippen molar-refractivity contribution < 1.29 is 22.4 Å². The third kappa shape index (κ3) is 3.95. The second kappa shape index (κ2) is 6.11. The van der Waals surface area contributed by atoms with Crippen LogP contribution in [0.25, 0.3) is 11.4 Å². The molecule has 5 nitrogen and oxygen atoms in total. The van der Waals surface area contributed by atoms with Crippen molar-refractivity contribution in [1.29, 1.82) is 0 Å². The predicted molar refractivity (Wildman–Crippen MR) is 76.9 cm³/mol. The highest BCUT2D eigenvalue weighted by Gasteiger charge is 2.28. The molecule has 1 aromatic carbocycles. The summed E-state index contributed by atoms with van der Waals surface area (Å²) < 4.78 is 52.2. The molecule has 1 aromatic heterocycles. The first-order valence-electron chi connectivity index (χ1n) is 6.37. The lowest BCUT2D eigenvalue weighted by Crippen LogP contribution is -2.34. The van der Waals surface area contributed by atoms with Gasteiger partial charge in [-0.2, -0.15) is 18.2 Å². The molecule has 0 aliphatic heterocycles. The van der Waals surface area contributed by atoms with Crippen molar-refractivity contribution in [2.24, 2.45) is 7.05 Å². The van der Waals surface area contributed by atoms with Gasteiger partial charge in [-0.3, -0.25) is 14.6 Å². The van der Waals surface area contributed by atoms with Gasteiger partial charge in [0.05, 0.1) is 5.56 Å². The smallest absolute Gasteiger partial charge is 0.343 e. The number of aryl methyl sites for hydroxylation is 2. The summed E-state index contributed by atoms with van der Waals surface area (Å²) in [6.07, 6.45) is -4.53.